The Hall–Kier alpha value is -4.03. The summed E-state index contributed by atoms with van der Waals surface area (Å²) in [6, 6.07) is 10.2. The van der Waals surface area contributed by atoms with Gasteiger partial charge in [-0.05, 0) is 53.6 Å². The SMILES string of the molecule is CC1COC(c2ccc(-c3cc(F)c(CF)c(F)c3)c(F)c2)OC1.FOc1ccc(-c2cc(F)c(F)c(F)c2)c(F)c1. The molecule has 0 aromatic heterocycles. The largest absolute Gasteiger partial charge is 0.348 e. The molecule has 1 heterocycles. The lowest BCUT2D eigenvalue weighted by Gasteiger charge is -2.27. The Morgan fingerprint density at radius 1 is 0.667 bits per heavy atom. The molecule has 222 valence electrons. The quantitative estimate of drug-likeness (QED) is 0.169. The molecule has 0 aliphatic carbocycles. The van der Waals surface area contributed by atoms with Gasteiger partial charge in [-0.15, -0.1) is 0 Å². The van der Waals surface area contributed by atoms with Crippen LogP contribution in [-0.2, 0) is 16.1 Å². The second-order valence-electron chi connectivity index (χ2n) is 9.37. The Morgan fingerprint density at radius 2 is 1.17 bits per heavy atom. The summed E-state index contributed by atoms with van der Waals surface area (Å²) in [5.74, 6) is -8.31. The number of rotatable bonds is 5. The van der Waals surface area contributed by atoms with Gasteiger partial charge in [0.25, 0.3) is 0 Å². The third-order valence-electron chi connectivity index (χ3n) is 6.24. The normalized spacial score (nSPS) is 16.5. The van der Waals surface area contributed by atoms with Crippen LogP contribution < -0.4 is 4.94 Å². The predicted octanol–water partition coefficient (Wildman–Crippen LogP) is 9.10. The van der Waals surface area contributed by atoms with Crippen molar-refractivity contribution in [2.45, 2.75) is 19.9 Å². The molecule has 0 amide bonds. The van der Waals surface area contributed by atoms with Gasteiger partial charge in [-0.3, -0.25) is 4.94 Å². The number of hydrogen-bond donors (Lipinski definition) is 0. The molecular weight excluding hydrogens is 579 g/mol. The lowest BCUT2D eigenvalue weighted by molar-refractivity contribution is -0.202. The molecule has 0 saturated carbocycles. The van der Waals surface area contributed by atoms with Crippen molar-refractivity contribution in [3.8, 4) is 28.0 Å². The van der Waals surface area contributed by atoms with Crippen LogP contribution in [0.15, 0.2) is 60.7 Å². The van der Waals surface area contributed by atoms with Crippen molar-refractivity contribution in [2.24, 2.45) is 5.92 Å². The first-order valence-electron chi connectivity index (χ1n) is 12.3. The Kier molecular flexibility index (Phi) is 9.79. The first-order chi connectivity index (χ1) is 20.0. The smallest absolute Gasteiger partial charge is 0.194 e. The van der Waals surface area contributed by atoms with E-state index in [0.29, 0.717) is 37.0 Å². The molecule has 0 spiro atoms. The van der Waals surface area contributed by atoms with E-state index in [4.69, 9.17) is 9.47 Å². The van der Waals surface area contributed by atoms with Crippen molar-refractivity contribution >= 4 is 0 Å². The van der Waals surface area contributed by atoms with Crippen molar-refractivity contribution in [1.29, 1.82) is 0 Å². The van der Waals surface area contributed by atoms with E-state index in [1.54, 1.807) is 6.07 Å². The summed E-state index contributed by atoms with van der Waals surface area (Å²) in [4.78, 5) is 3.30. The maximum atomic E-state index is 14.4. The van der Waals surface area contributed by atoms with Crippen molar-refractivity contribution < 1.29 is 54.1 Å². The van der Waals surface area contributed by atoms with Crippen molar-refractivity contribution in [2.75, 3.05) is 13.2 Å². The summed E-state index contributed by atoms with van der Waals surface area (Å²) in [5.41, 5.74) is -0.544. The molecule has 42 heavy (non-hydrogen) atoms. The van der Waals surface area contributed by atoms with Gasteiger partial charge in [0, 0.05) is 33.2 Å². The molecule has 1 fully saturated rings. The van der Waals surface area contributed by atoms with Gasteiger partial charge in [0.15, 0.2) is 29.5 Å². The molecular formula is C30H21F9O3. The highest BCUT2D eigenvalue weighted by atomic mass is 19.3. The monoisotopic (exact) mass is 600 g/mol. The lowest BCUT2D eigenvalue weighted by Crippen LogP contribution is -2.25. The maximum Gasteiger partial charge on any atom is 0.194 e. The zero-order valence-corrected chi connectivity index (χ0v) is 21.7. The van der Waals surface area contributed by atoms with Gasteiger partial charge in [-0.1, -0.05) is 19.1 Å². The van der Waals surface area contributed by atoms with Crippen LogP contribution in [0.4, 0.5) is 39.6 Å². The van der Waals surface area contributed by atoms with Crippen LogP contribution in [0, 0.1) is 46.6 Å². The van der Waals surface area contributed by atoms with E-state index in [-0.39, 0.29) is 33.9 Å². The fraction of sp³-hybridized carbons (Fsp3) is 0.200. The number of alkyl halides is 1. The third-order valence-corrected chi connectivity index (χ3v) is 6.24. The number of halogens is 9. The fourth-order valence-corrected chi connectivity index (χ4v) is 4.08. The molecule has 0 radical (unpaired) electrons. The highest BCUT2D eigenvalue weighted by Gasteiger charge is 2.22. The van der Waals surface area contributed by atoms with E-state index in [2.05, 4.69) is 4.94 Å². The van der Waals surface area contributed by atoms with Crippen molar-refractivity contribution in [3.05, 3.63) is 113 Å². The van der Waals surface area contributed by atoms with E-state index >= 15 is 0 Å². The maximum absolute atomic E-state index is 14.4. The molecule has 1 aliphatic heterocycles. The first-order valence-corrected chi connectivity index (χ1v) is 12.3. The molecule has 0 unspecified atom stereocenters. The minimum absolute atomic E-state index is 0.00496. The molecule has 1 saturated heterocycles. The predicted molar refractivity (Wildman–Crippen MR) is 134 cm³/mol. The van der Waals surface area contributed by atoms with Crippen LogP contribution in [0.5, 0.6) is 5.75 Å². The van der Waals surface area contributed by atoms with E-state index in [1.165, 1.54) is 12.1 Å². The van der Waals surface area contributed by atoms with Gasteiger partial charge in [0.1, 0.15) is 29.9 Å². The molecule has 4 aromatic rings. The molecule has 5 rings (SSSR count). The van der Waals surface area contributed by atoms with Crippen molar-refractivity contribution in [1.82, 2.24) is 0 Å². The Bertz CT molecular complexity index is 1520. The van der Waals surface area contributed by atoms with Crippen LogP contribution in [0.3, 0.4) is 0 Å². The molecule has 12 heteroatoms. The summed E-state index contributed by atoms with van der Waals surface area (Å²) < 4.78 is 129. The van der Waals surface area contributed by atoms with Gasteiger partial charge >= 0.3 is 0 Å². The average Bonchev–Trinajstić information content (AvgIpc) is 2.96. The Labute approximate surface area is 234 Å². The van der Waals surface area contributed by atoms with Gasteiger partial charge < -0.3 is 9.47 Å². The highest BCUT2D eigenvalue weighted by molar-refractivity contribution is 5.66. The van der Waals surface area contributed by atoms with E-state index < -0.39 is 59.2 Å². The first kappa shape index (κ1) is 30.9. The highest BCUT2D eigenvalue weighted by Crippen LogP contribution is 2.32. The molecule has 0 bridgehead atoms. The van der Waals surface area contributed by atoms with Gasteiger partial charge in [0.2, 0.25) is 0 Å². The summed E-state index contributed by atoms with van der Waals surface area (Å²) in [6.07, 6.45) is -0.660. The summed E-state index contributed by atoms with van der Waals surface area (Å²) in [7, 11) is 0. The number of ether oxygens (including phenoxy) is 2. The van der Waals surface area contributed by atoms with Gasteiger partial charge in [-0.2, -0.15) is 0 Å². The van der Waals surface area contributed by atoms with Crippen LogP contribution in [0.1, 0.15) is 24.3 Å². The van der Waals surface area contributed by atoms with Crippen LogP contribution in [0.2, 0.25) is 0 Å². The Morgan fingerprint density at radius 3 is 1.64 bits per heavy atom. The molecule has 0 N–H and O–H groups in total. The zero-order chi connectivity index (χ0) is 30.6. The molecule has 4 aromatic carbocycles. The summed E-state index contributed by atoms with van der Waals surface area (Å²) in [6.45, 7) is 1.74. The van der Waals surface area contributed by atoms with E-state index in [0.717, 1.165) is 24.3 Å². The second kappa shape index (κ2) is 13.3. The average molecular weight is 600 g/mol. The van der Waals surface area contributed by atoms with Crippen LogP contribution in [-0.4, -0.2) is 13.2 Å². The summed E-state index contributed by atoms with van der Waals surface area (Å²) >= 11 is 0. The lowest BCUT2D eigenvalue weighted by atomic mass is 10.0. The van der Waals surface area contributed by atoms with E-state index in [1.807, 2.05) is 6.92 Å². The van der Waals surface area contributed by atoms with Gasteiger partial charge in [0.05, 0.1) is 18.8 Å². The van der Waals surface area contributed by atoms with Crippen LogP contribution in [0.25, 0.3) is 22.3 Å². The second-order valence-corrected chi connectivity index (χ2v) is 9.37. The number of benzene rings is 4. The minimum Gasteiger partial charge on any atom is -0.348 e. The standard InChI is InChI=1S/C18H16F4O2.C12H5F5O/c1-10-8-23-18(24-9-10)11-2-3-13(15(20)4-11)12-5-16(21)14(7-19)17(22)6-12;13-9-5-7(18-17)1-2-8(9)6-3-10(14)12(16)11(15)4-6/h2-6,10,18H,7-9H2,1H3;1-5H. The van der Waals surface area contributed by atoms with E-state index in [9.17, 15) is 39.6 Å². The van der Waals surface area contributed by atoms with Crippen molar-refractivity contribution in [3.63, 3.8) is 0 Å². The zero-order valence-electron chi connectivity index (χ0n) is 21.7. The molecule has 3 nitrogen and oxygen atoms in total. The van der Waals surface area contributed by atoms with Crippen LogP contribution >= 0.6 is 0 Å². The topological polar surface area (TPSA) is 27.7 Å². The van der Waals surface area contributed by atoms with Gasteiger partial charge in [-0.25, -0.2) is 35.1 Å². The number of hydrogen-bond acceptors (Lipinski definition) is 3. The third kappa shape index (κ3) is 6.88. The summed E-state index contributed by atoms with van der Waals surface area (Å²) in [5, 5.41) is 0. The molecule has 1 aliphatic rings. The molecule has 0 atom stereocenters. The Balaban J connectivity index is 0.000000201. The fourth-order valence-electron chi connectivity index (χ4n) is 4.08. The minimum atomic E-state index is -1.64.